The lowest BCUT2D eigenvalue weighted by atomic mass is 10.1. The first-order valence-corrected chi connectivity index (χ1v) is 7.68. The SMILES string of the molecule is O=C=NC1CCCN(S(=O)(=O)c2cccc(Cl)c2)C1. The Balaban J connectivity index is 2.27. The van der Waals surface area contributed by atoms with Gasteiger partial charge in [0.15, 0.2) is 0 Å². The molecule has 1 aliphatic rings. The van der Waals surface area contributed by atoms with Crippen molar-refractivity contribution in [2.75, 3.05) is 13.1 Å². The second-order valence-electron chi connectivity index (χ2n) is 4.34. The van der Waals surface area contributed by atoms with E-state index in [9.17, 15) is 13.2 Å². The second-order valence-corrected chi connectivity index (χ2v) is 6.71. The van der Waals surface area contributed by atoms with Gasteiger partial charge in [0.2, 0.25) is 16.1 Å². The Kier molecular flexibility index (Phi) is 4.37. The highest BCUT2D eigenvalue weighted by Crippen LogP contribution is 2.23. The predicted octanol–water partition coefficient (Wildman–Crippen LogP) is 1.83. The van der Waals surface area contributed by atoms with Crippen molar-refractivity contribution < 1.29 is 13.2 Å². The average Bonchev–Trinajstić information content (AvgIpc) is 2.39. The Morgan fingerprint density at radius 1 is 1.42 bits per heavy atom. The maximum atomic E-state index is 12.4. The van der Waals surface area contributed by atoms with Crippen LogP contribution in [0.5, 0.6) is 0 Å². The van der Waals surface area contributed by atoms with E-state index in [0.29, 0.717) is 24.4 Å². The molecule has 0 bridgehead atoms. The molecule has 0 saturated carbocycles. The molecule has 19 heavy (non-hydrogen) atoms. The maximum Gasteiger partial charge on any atom is 0.243 e. The smallest absolute Gasteiger partial charge is 0.211 e. The van der Waals surface area contributed by atoms with E-state index in [4.69, 9.17) is 11.6 Å². The van der Waals surface area contributed by atoms with Gasteiger partial charge in [-0.3, -0.25) is 0 Å². The van der Waals surface area contributed by atoms with Gasteiger partial charge >= 0.3 is 0 Å². The highest BCUT2D eigenvalue weighted by atomic mass is 35.5. The van der Waals surface area contributed by atoms with Crippen molar-refractivity contribution >= 4 is 27.7 Å². The van der Waals surface area contributed by atoms with E-state index in [-0.39, 0.29) is 17.5 Å². The van der Waals surface area contributed by atoms with Crippen LogP contribution in [0.4, 0.5) is 0 Å². The van der Waals surface area contributed by atoms with Crippen LogP contribution >= 0.6 is 11.6 Å². The lowest BCUT2D eigenvalue weighted by molar-refractivity contribution is 0.316. The van der Waals surface area contributed by atoms with Crippen LogP contribution in [0.3, 0.4) is 0 Å². The number of piperidine rings is 1. The number of benzene rings is 1. The van der Waals surface area contributed by atoms with Crippen molar-refractivity contribution in [1.82, 2.24) is 4.31 Å². The summed E-state index contributed by atoms with van der Waals surface area (Å²) in [6.45, 7) is 0.643. The number of halogens is 1. The molecular weight excluding hydrogens is 288 g/mol. The number of nitrogens with zero attached hydrogens (tertiary/aromatic N) is 2. The first-order valence-electron chi connectivity index (χ1n) is 5.87. The normalized spacial score (nSPS) is 20.8. The molecule has 0 radical (unpaired) electrons. The number of rotatable bonds is 3. The summed E-state index contributed by atoms with van der Waals surface area (Å²) < 4.78 is 26.2. The van der Waals surface area contributed by atoms with Gasteiger partial charge < -0.3 is 0 Å². The number of carbonyl (C=O) groups excluding carboxylic acids is 1. The summed E-state index contributed by atoms with van der Waals surface area (Å²) in [6, 6.07) is 5.84. The third-order valence-corrected chi connectivity index (χ3v) is 5.12. The first-order chi connectivity index (χ1) is 9.04. The third kappa shape index (κ3) is 3.22. The third-order valence-electron chi connectivity index (χ3n) is 3.03. The van der Waals surface area contributed by atoms with Crippen LogP contribution in [0.2, 0.25) is 5.02 Å². The lowest BCUT2D eigenvalue weighted by Crippen LogP contribution is -2.41. The molecule has 7 heteroatoms. The fourth-order valence-corrected chi connectivity index (χ4v) is 3.91. The minimum Gasteiger partial charge on any atom is -0.211 e. The summed E-state index contributed by atoms with van der Waals surface area (Å²) in [5.74, 6) is 0. The fraction of sp³-hybridized carbons (Fsp3) is 0.417. The molecule has 0 spiro atoms. The Hall–Kier alpha value is -1.20. The van der Waals surface area contributed by atoms with E-state index in [1.807, 2.05) is 0 Å². The Bertz CT molecular complexity index is 611. The molecular formula is C12H13ClN2O3S. The Labute approximate surface area is 116 Å². The van der Waals surface area contributed by atoms with Gasteiger partial charge in [-0.2, -0.15) is 4.31 Å². The van der Waals surface area contributed by atoms with Crippen LogP contribution in [0.1, 0.15) is 12.8 Å². The van der Waals surface area contributed by atoms with Crippen LogP contribution in [-0.2, 0) is 14.8 Å². The molecule has 1 atom stereocenters. The standard InChI is InChI=1S/C12H13ClN2O3S/c13-10-3-1-5-12(7-10)19(17,18)15-6-2-4-11(8-15)14-9-16/h1,3,5,7,11H,2,4,6,8H2. The van der Waals surface area contributed by atoms with Crippen LogP contribution in [0.15, 0.2) is 34.2 Å². The molecule has 1 unspecified atom stereocenters. The van der Waals surface area contributed by atoms with Crippen LogP contribution in [0.25, 0.3) is 0 Å². The van der Waals surface area contributed by atoms with Crippen molar-refractivity contribution in [3.05, 3.63) is 29.3 Å². The zero-order valence-electron chi connectivity index (χ0n) is 10.1. The maximum absolute atomic E-state index is 12.4. The van der Waals surface area contributed by atoms with Crippen molar-refractivity contribution in [2.24, 2.45) is 4.99 Å². The number of hydrogen-bond acceptors (Lipinski definition) is 4. The van der Waals surface area contributed by atoms with E-state index >= 15 is 0 Å². The molecule has 1 saturated heterocycles. The lowest BCUT2D eigenvalue weighted by Gasteiger charge is -2.29. The van der Waals surface area contributed by atoms with Crippen molar-refractivity contribution in [3.8, 4) is 0 Å². The molecule has 0 aliphatic carbocycles. The summed E-state index contributed by atoms with van der Waals surface area (Å²) in [7, 11) is -3.58. The quantitative estimate of drug-likeness (QED) is 0.632. The summed E-state index contributed by atoms with van der Waals surface area (Å²) in [6.07, 6.45) is 2.87. The molecule has 1 heterocycles. The van der Waals surface area contributed by atoms with E-state index in [1.54, 1.807) is 12.1 Å². The zero-order chi connectivity index (χ0) is 13.9. The van der Waals surface area contributed by atoms with E-state index in [2.05, 4.69) is 4.99 Å². The molecule has 5 nitrogen and oxygen atoms in total. The van der Waals surface area contributed by atoms with Gasteiger partial charge in [-0.25, -0.2) is 18.2 Å². The van der Waals surface area contributed by atoms with Gasteiger partial charge in [0.25, 0.3) is 0 Å². The van der Waals surface area contributed by atoms with Crippen molar-refractivity contribution in [3.63, 3.8) is 0 Å². The van der Waals surface area contributed by atoms with Gasteiger partial charge in [-0.05, 0) is 31.0 Å². The van der Waals surface area contributed by atoms with Gasteiger partial charge in [0.1, 0.15) is 0 Å². The minimum atomic E-state index is -3.58. The van der Waals surface area contributed by atoms with E-state index in [0.717, 1.165) is 0 Å². The topological polar surface area (TPSA) is 66.8 Å². The monoisotopic (exact) mass is 300 g/mol. The summed E-state index contributed by atoms with van der Waals surface area (Å²) in [4.78, 5) is 14.1. The number of aliphatic imine (C=N–C) groups is 1. The van der Waals surface area contributed by atoms with Gasteiger partial charge in [-0.1, -0.05) is 17.7 Å². The summed E-state index contributed by atoms with van der Waals surface area (Å²) in [5.41, 5.74) is 0. The number of isocyanates is 1. The van der Waals surface area contributed by atoms with Gasteiger partial charge in [0, 0.05) is 18.1 Å². The van der Waals surface area contributed by atoms with Crippen LogP contribution in [-0.4, -0.2) is 37.9 Å². The Morgan fingerprint density at radius 3 is 2.89 bits per heavy atom. The first kappa shape index (κ1) is 14.2. The molecule has 1 fully saturated rings. The minimum absolute atomic E-state index is 0.163. The van der Waals surface area contributed by atoms with Crippen molar-refractivity contribution in [1.29, 1.82) is 0 Å². The largest absolute Gasteiger partial charge is 0.243 e. The molecule has 0 N–H and O–H groups in total. The number of hydrogen-bond donors (Lipinski definition) is 0. The van der Waals surface area contributed by atoms with Crippen molar-refractivity contribution in [2.45, 2.75) is 23.8 Å². The Morgan fingerprint density at radius 2 is 2.21 bits per heavy atom. The zero-order valence-corrected chi connectivity index (χ0v) is 11.7. The predicted molar refractivity (Wildman–Crippen MR) is 71.4 cm³/mol. The molecule has 2 rings (SSSR count). The summed E-state index contributed by atoms with van der Waals surface area (Å²) >= 11 is 5.82. The number of sulfonamides is 1. The highest BCUT2D eigenvalue weighted by Gasteiger charge is 2.30. The van der Waals surface area contributed by atoms with E-state index in [1.165, 1.54) is 22.5 Å². The molecule has 102 valence electrons. The fourth-order valence-electron chi connectivity index (χ4n) is 2.10. The molecule has 1 aliphatic heterocycles. The van der Waals surface area contributed by atoms with Gasteiger partial charge in [-0.15, -0.1) is 0 Å². The second kappa shape index (κ2) is 5.84. The molecule has 1 aromatic rings. The van der Waals surface area contributed by atoms with E-state index < -0.39 is 10.0 Å². The molecule has 0 amide bonds. The van der Waals surface area contributed by atoms with Crippen LogP contribution in [0, 0.1) is 0 Å². The van der Waals surface area contributed by atoms with Crippen LogP contribution < -0.4 is 0 Å². The molecule has 1 aromatic carbocycles. The average molecular weight is 301 g/mol. The summed E-state index contributed by atoms with van der Waals surface area (Å²) in [5, 5.41) is 0.376. The highest BCUT2D eigenvalue weighted by molar-refractivity contribution is 7.89. The van der Waals surface area contributed by atoms with Gasteiger partial charge in [0.05, 0.1) is 10.9 Å². The molecule has 0 aromatic heterocycles.